The number of amides is 1. The molecule has 0 radical (unpaired) electrons. The van der Waals surface area contributed by atoms with Gasteiger partial charge in [0.05, 0.1) is 13.5 Å². The standard InChI is InChI=1S/C10H11NO4/c1-14-10(13)11-15-9(12)7-8-5-3-2-4-6-8/h2-6H,7H2,1H3,(H,11,13). The Morgan fingerprint density at radius 1 is 1.27 bits per heavy atom. The van der Waals surface area contributed by atoms with Crippen LogP contribution in [-0.2, 0) is 20.8 Å². The molecule has 0 bridgehead atoms. The zero-order chi connectivity index (χ0) is 11.1. The normalized spacial score (nSPS) is 9.13. The lowest BCUT2D eigenvalue weighted by Crippen LogP contribution is -2.27. The van der Waals surface area contributed by atoms with Crippen LogP contribution in [0.15, 0.2) is 30.3 Å². The molecule has 15 heavy (non-hydrogen) atoms. The van der Waals surface area contributed by atoms with Crippen molar-refractivity contribution in [3.8, 4) is 0 Å². The zero-order valence-corrected chi connectivity index (χ0v) is 8.23. The number of rotatable bonds is 2. The summed E-state index contributed by atoms with van der Waals surface area (Å²) >= 11 is 0. The monoisotopic (exact) mass is 209 g/mol. The van der Waals surface area contributed by atoms with Crippen molar-refractivity contribution in [1.82, 2.24) is 5.48 Å². The summed E-state index contributed by atoms with van der Waals surface area (Å²) in [5, 5.41) is 0. The number of carbonyl (C=O) groups excluding carboxylic acids is 2. The van der Waals surface area contributed by atoms with Crippen molar-refractivity contribution in [3.63, 3.8) is 0 Å². The van der Waals surface area contributed by atoms with Gasteiger partial charge in [0.2, 0.25) is 0 Å². The number of methoxy groups -OCH3 is 1. The van der Waals surface area contributed by atoms with Gasteiger partial charge in [-0.3, -0.25) is 0 Å². The van der Waals surface area contributed by atoms with E-state index in [4.69, 9.17) is 0 Å². The van der Waals surface area contributed by atoms with E-state index in [-0.39, 0.29) is 6.42 Å². The van der Waals surface area contributed by atoms with Crippen molar-refractivity contribution in [2.75, 3.05) is 7.11 Å². The minimum atomic E-state index is -0.809. The van der Waals surface area contributed by atoms with Crippen molar-refractivity contribution in [2.24, 2.45) is 0 Å². The molecule has 0 saturated carbocycles. The van der Waals surface area contributed by atoms with E-state index in [9.17, 15) is 9.59 Å². The second-order valence-corrected chi connectivity index (χ2v) is 2.73. The highest BCUT2D eigenvalue weighted by atomic mass is 16.7. The van der Waals surface area contributed by atoms with Crippen LogP contribution in [-0.4, -0.2) is 19.2 Å². The summed E-state index contributed by atoms with van der Waals surface area (Å²) in [5.74, 6) is -0.549. The van der Waals surface area contributed by atoms with Gasteiger partial charge >= 0.3 is 12.1 Å². The Hall–Kier alpha value is -2.04. The second kappa shape index (κ2) is 5.64. The lowest BCUT2D eigenvalue weighted by molar-refractivity contribution is -0.148. The highest BCUT2D eigenvalue weighted by molar-refractivity contribution is 5.75. The molecular formula is C10H11NO4. The van der Waals surface area contributed by atoms with Gasteiger partial charge in [0, 0.05) is 0 Å². The SMILES string of the molecule is COC(=O)NOC(=O)Cc1ccccc1. The van der Waals surface area contributed by atoms with Crippen LogP contribution < -0.4 is 5.48 Å². The third-order valence-electron chi connectivity index (χ3n) is 1.62. The molecule has 1 aromatic rings. The van der Waals surface area contributed by atoms with Crippen molar-refractivity contribution in [3.05, 3.63) is 35.9 Å². The zero-order valence-electron chi connectivity index (χ0n) is 8.23. The van der Waals surface area contributed by atoms with E-state index in [0.717, 1.165) is 5.56 Å². The Labute approximate surface area is 86.9 Å². The number of hydrogen-bond donors (Lipinski definition) is 1. The summed E-state index contributed by atoms with van der Waals surface area (Å²) in [6.45, 7) is 0. The Morgan fingerprint density at radius 3 is 2.53 bits per heavy atom. The van der Waals surface area contributed by atoms with Crippen LogP contribution in [0.2, 0.25) is 0 Å². The van der Waals surface area contributed by atoms with Gasteiger partial charge < -0.3 is 9.57 Å². The maximum Gasteiger partial charge on any atom is 0.440 e. The summed E-state index contributed by atoms with van der Waals surface area (Å²) in [5.41, 5.74) is 2.66. The van der Waals surface area contributed by atoms with Crippen LogP contribution in [0.1, 0.15) is 5.56 Å². The largest absolute Gasteiger partial charge is 0.451 e. The first-order valence-corrected chi connectivity index (χ1v) is 4.30. The van der Waals surface area contributed by atoms with E-state index in [1.807, 2.05) is 23.7 Å². The van der Waals surface area contributed by atoms with Gasteiger partial charge in [0.15, 0.2) is 0 Å². The maximum absolute atomic E-state index is 11.1. The second-order valence-electron chi connectivity index (χ2n) is 2.73. The van der Waals surface area contributed by atoms with E-state index < -0.39 is 12.1 Å². The molecule has 0 fully saturated rings. The summed E-state index contributed by atoms with van der Waals surface area (Å²) in [6.07, 6.45) is -0.707. The molecule has 0 aliphatic carbocycles. The molecule has 0 atom stereocenters. The first kappa shape index (κ1) is 11.0. The highest BCUT2D eigenvalue weighted by Crippen LogP contribution is 1.99. The van der Waals surface area contributed by atoms with E-state index in [2.05, 4.69) is 9.57 Å². The Bertz CT molecular complexity index is 337. The van der Waals surface area contributed by atoms with Gasteiger partial charge in [0.25, 0.3) is 0 Å². The van der Waals surface area contributed by atoms with Crippen molar-refractivity contribution in [1.29, 1.82) is 0 Å². The minimum Gasteiger partial charge on any atom is -0.451 e. The fourth-order valence-corrected chi connectivity index (χ4v) is 0.939. The van der Waals surface area contributed by atoms with Crippen molar-refractivity contribution >= 4 is 12.1 Å². The van der Waals surface area contributed by atoms with E-state index in [0.29, 0.717) is 0 Å². The Balaban J connectivity index is 2.34. The first-order valence-electron chi connectivity index (χ1n) is 4.30. The van der Waals surface area contributed by atoms with Crippen molar-refractivity contribution in [2.45, 2.75) is 6.42 Å². The third kappa shape index (κ3) is 4.12. The number of hydroxylamine groups is 1. The van der Waals surface area contributed by atoms with Gasteiger partial charge in [-0.1, -0.05) is 30.3 Å². The molecular weight excluding hydrogens is 198 g/mol. The van der Waals surface area contributed by atoms with Gasteiger partial charge in [-0.25, -0.2) is 9.59 Å². The van der Waals surface area contributed by atoms with Crippen LogP contribution in [0.25, 0.3) is 0 Å². The topological polar surface area (TPSA) is 64.6 Å². The Kier molecular flexibility index (Phi) is 4.15. The molecule has 80 valence electrons. The van der Waals surface area contributed by atoms with Crippen LogP contribution in [0, 0.1) is 0 Å². The van der Waals surface area contributed by atoms with E-state index >= 15 is 0 Å². The van der Waals surface area contributed by atoms with Gasteiger partial charge in [-0.15, -0.1) is 5.48 Å². The number of ether oxygens (including phenoxy) is 1. The number of benzene rings is 1. The van der Waals surface area contributed by atoms with Gasteiger partial charge in [0.1, 0.15) is 0 Å². The fourth-order valence-electron chi connectivity index (χ4n) is 0.939. The average Bonchev–Trinajstić information content (AvgIpc) is 2.27. The van der Waals surface area contributed by atoms with Crippen LogP contribution in [0.3, 0.4) is 0 Å². The van der Waals surface area contributed by atoms with Gasteiger partial charge in [-0.05, 0) is 5.56 Å². The lowest BCUT2D eigenvalue weighted by Gasteiger charge is -2.03. The minimum absolute atomic E-state index is 0.102. The molecule has 1 aromatic carbocycles. The van der Waals surface area contributed by atoms with Crippen LogP contribution in [0.5, 0.6) is 0 Å². The quantitative estimate of drug-likeness (QED) is 0.739. The van der Waals surface area contributed by atoms with Crippen molar-refractivity contribution < 1.29 is 19.2 Å². The molecule has 0 aliphatic rings. The fraction of sp³-hybridized carbons (Fsp3) is 0.200. The lowest BCUT2D eigenvalue weighted by atomic mass is 10.2. The summed E-state index contributed by atoms with van der Waals surface area (Å²) in [4.78, 5) is 26.1. The van der Waals surface area contributed by atoms with E-state index in [1.165, 1.54) is 7.11 Å². The maximum atomic E-state index is 11.1. The molecule has 5 heteroatoms. The smallest absolute Gasteiger partial charge is 0.440 e. The molecule has 0 aromatic heterocycles. The predicted molar refractivity (Wildman–Crippen MR) is 51.8 cm³/mol. The molecule has 5 nitrogen and oxygen atoms in total. The number of nitrogens with one attached hydrogen (secondary N) is 1. The molecule has 1 rings (SSSR count). The number of carbonyl (C=O) groups is 2. The molecule has 0 spiro atoms. The van der Waals surface area contributed by atoms with E-state index in [1.54, 1.807) is 12.1 Å². The first-order chi connectivity index (χ1) is 7.22. The molecule has 1 amide bonds. The molecule has 0 heterocycles. The third-order valence-corrected chi connectivity index (χ3v) is 1.62. The molecule has 0 saturated heterocycles. The predicted octanol–water partition coefficient (Wildman–Crippen LogP) is 1.04. The van der Waals surface area contributed by atoms with Crippen LogP contribution >= 0.6 is 0 Å². The summed E-state index contributed by atoms with van der Waals surface area (Å²) in [7, 11) is 1.18. The molecule has 1 N–H and O–H groups in total. The molecule has 0 aliphatic heterocycles. The molecule has 0 unspecified atom stereocenters. The average molecular weight is 209 g/mol. The van der Waals surface area contributed by atoms with Crippen LogP contribution in [0.4, 0.5) is 4.79 Å². The number of hydrogen-bond acceptors (Lipinski definition) is 4. The Morgan fingerprint density at radius 2 is 1.93 bits per heavy atom. The van der Waals surface area contributed by atoms with Gasteiger partial charge in [-0.2, -0.15) is 0 Å². The summed E-state index contributed by atoms with van der Waals surface area (Å²) < 4.78 is 4.22. The highest BCUT2D eigenvalue weighted by Gasteiger charge is 2.06. The summed E-state index contributed by atoms with van der Waals surface area (Å²) in [6, 6.07) is 9.06.